The van der Waals surface area contributed by atoms with E-state index in [9.17, 15) is 0 Å². The van der Waals surface area contributed by atoms with Crippen LogP contribution in [0.5, 0.6) is 0 Å². The average Bonchev–Trinajstić information content (AvgIpc) is 1.59. The van der Waals surface area contributed by atoms with Crippen LogP contribution < -0.4 is 0 Å². The van der Waals surface area contributed by atoms with Crippen molar-refractivity contribution in [3.63, 3.8) is 0 Å². The lowest BCUT2D eigenvalue weighted by Gasteiger charge is -2.15. The van der Waals surface area contributed by atoms with Crippen LogP contribution in [0.25, 0.3) is 243 Å². The van der Waals surface area contributed by atoms with Crippen molar-refractivity contribution in [2.45, 2.75) is 13.8 Å². The van der Waals surface area contributed by atoms with Crippen molar-refractivity contribution in [1.29, 1.82) is 0 Å². The van der Waals surface area contributed by atoms with Crippen LogP contribution in [-0.4, -0.2) is 37.4 Å². The largest absolute Gasteiger partial charge is 0.309 e. The van der Waals surface area contributed by atoms with Crippen molar-refractivity contribution in [3.05, 3.63) is 521 Å². The molecule has 8 heteroatoms. The monoisotopic (exact) mass is 1790 g/mol. The van der Waals surface area contributed by atoms with Crippen molar-refractivity contribution in [2.75, 3.05) is 0 Å². The molecule has 0 amide bonds. The molecule has 0 saturated heterocycles. The Morgan fingerprint density at radius 3 is 0.600 bits per heavy atom. The van der Waals surface area contributed by atoms with Crippen molar-refractivity contribution in [3.8, 4) is 112 Å². The number of benzene rings is 20. The third-order valence-corrected chi connectivity index (χ3v) is 28.3. The van der Waals surface area contributed by atoms with Gasteiger partial charge < -0.3 is 27.4 Å². The van der Waals surface area contributed by atoms with Crippen molar-refractivity contribution in [1.82, 2.24) is 37.4 Å². The van der Waals surface area contributed by atoms with Gasteiger partial charge in [-0.25, -0.2) is 0 Å². The van der Waals surface area contributed by atoms with Gasteiger partial charge in [-0.2, -0.15) is 0 Å². The van der Waals surface area contributed by atoms with Gasteiger partial charge in [0.15, 0.2) is 0 Å². The molecule has 0 fully saturated rings. The van der Waals surface area contributed by atoms with E-state index in [-0.39, 0.29) is 0 Å². The Morgan fingerprint density at radius 1 is 0.136 bits per heavy atom. The summed E-state index contributed by atoms with van der Waals surface area (Å²) in [7, 11) is 0. The Morgan fingerprint density at radius 2 is 0.336 bits per heavy atom. The molecule has 8 heterocycles. The maximum atomic E-state index is 4.87. The molecule has 140 heavy (non-hydrogen) atoms. The minimum atomic E-state index is 0.949. The van der Waals surface area contributed by atoms with Gasteiger partial charge in [-0.3, -0.25) is 9.97 Å². The summed E-state index contributed by atoms with van der Waals surface area (Å²) in [5, 5.41) is 15.3. The molecule has 0 bridgehead atoms. The normalized spacial score (nSPS) is 11.6. The highest BCUT2D eigenvalue weighted by Gasteiger charge is 2.23. The number of aromatic nitrogens is 8. The topological polar surface area (TPSA) is 55.4 Å². The molecule has 0 saturated carbocycles. The minimum Gasteiger partial charge on any atom is -0.309 e. The van der Waals surface area contributed by atoms with E-state index in [2.05, 4.69) is 539 Å². The molecule has 8 aromatic heterocycles. The van der Waals surface area contributed by atoms with Gasteiger partial charge >= 0.3 is 0 Å². The number of aryl methyl sites for hydroxylation is 2. The van der Waals surface area contributed by atoms with Crippen LogP contribution in [0.4, 0.5) is 0 Å². The molecule has 0 atom stereocenters. The van der Waals surface area contributed by atoms with Gasteiger partial charge in [0.25, 0.3) is 0 Å². The van der Waals surface area contributed by atoms with E-state index in [1.807, 2.05) is 12.4 Å². The van der Waals surface area contributed by atoms with Gasteiger partial charge in [-0.05, 0) is 250 Å². The summed E-state index contributed by atoms with van der Waals surface area (Å²) in [6, 6.07) is 179. The molecule has 28 rings (SSSR count). The fraction of sp³-hybridized carbons (Fsp3) is 0.0152. The SMILES string of the molecule is Cc1ccc(-c2cccc(-c3cc(-c4ccc(C)c(-n5c6ccccc6c6ccccc65)c4)ccn3)c2)cc1-n1c2ccccc2c2ccccc21.c1cc(-c2cccc(-n3c4ccccc4c4ccccc43)c2)cc(-c2cc(-c3cccc(-n4c5ccccc5c5ccccc54)c3)ccn2)c1.c1ccc2c(c1)c1ccccc1n2-c1ccc(-c2ccc(-n3c4ccccc4c4ccccc43)cc2)cc1. The summed E-state index contributed by atoms with van der Waals surface area (Å²) in [6.07, 6.45) is 3.86. The molecule has 0 spiro atoms. The second-order valence-corrected chi connectivity index (χ2v) is 36.4. The Kier molecular flexibility index (Phi) is 20.2. The van der Waals surface area contributed by atoms with E-state index in [0.717, 1.165) is 67.3 Å². The third-order valence-electron chi connectivity index (χ3n) is 28.3. The summed E-state index contributed by atoms with van der Waals surface area (Å²) in [5.41, 5.74) is 39.9. The standard InChI is InChI=1S/C49H35N3.C47H31N3.C36H24N2/c1-32-22-24-35(30-48(32)51-44-18-7-3-14-39(44)40-15-4-8-19-45(40)51)34-12-11-13-38(28-34)43-29-37(26-27-50-43)36-25-23-33(2)49(31-36)52-46-20-9-5-16-41(46)42-17-6-10-21-47(42)52;1-5-22-44-39(18-1)40-19-2-6-23-45(40)49(44)37-16-10-13-33(29-37)32-12-9-15-36(28-32)43-31-35(26-27-48-43)34-14-11-17-38(30-34)50-46-24-7-3-20-41(46)42-21-4-8-25-47(42)50;1-5-13-33-29(9-1)30-10-2-6-14-34(30)37(33)27-21-17-25(18-22-27)26-19-23-28(24-20-26)38-35-15-7-3-11-31(35)32-12-4-8-16-36(32)38/h3-31H,1-2H3;1-31H;1-24H. The van der Waals surface area contributed by atoms with Crippen LogP contribution in [0.3, 0.4) is 0 Å². The van der Waals surface area contributed by atoms with E-state index in [4.69, 9.17) is 9.97 Å². The molecule has 658 valence electrons. The van der Waals surface area contributed by atoms with E-state index < -0.39 is 0 Å². The predicted molar refractivity (Wildman–Crippen MR) is 588 cm³/mol. The molecular formula is C132H90N8. The first kappa shape index (κ1) is 82.2. The van der Waals surface area contributed by atoms with Gasteiger partial charge in [-0.1, -0.05) is 328 Å². The molecule has 0 unspecified atom stereocenters. The van der Waals surface area contributed by atoms with Gasteiger partial charge in [0, 0.05) is 122 Å². The minimum absolute atomic E-state index is 0.949. The molecular weight excluding hydrogens is 1700 g/mol. The first-order chi connectivity index (χ1) is 69.3. The number of pyridine rings is 2. The second kappa shape index (κ2) is 34.4. The van der Waals surface area contributed by atoms with Crippen LogP contribution in [-0.2, 0) is 0 Å². The molecule has 0 radical (unpaired) electrons. The smallest absolute Gasteiger partial charge is 0.0708 e. The number of fused-ring (bicyclic) bond motifs is 18. The quantitative estimate of drug-likeness (QED) is 0.116. The third kappa shape index (κ3) is 14.2. The maximum absolute atomic E-state index is 4.87. The van der Waals surface area contributed by atoms with Crippen LogP contribution in [0.2, 0.25) is 0 Å². The van der Waals surface area contributed by atoms with Gasteiger partial charge in [0.05, 0.1) is 77.6 Å². The number of hydrogen-bond donors (Lipinski definition) is 0. The van der Waals surface area contributed by atoms with Crippen molar-refractivity contribution in [2.24, 2.45) is 0 Å². The Bertz CT molecular complexity index is 8870. The van der Waals surface area contributed by atoms with E-state index in [1.54, 1.807) is 0 Å². The average molecular weight is 1790 g/mol. The van der Waals surface area contributed by atoms with Gasteiger partial charge in [-0.15, -0.1) is 0 Å². The highest BCUT2D eigenvalue weighted by Crippen LogP contribution is 2.44. The zero-order valence-corrected chi connectivity index (χ0v) is 77.1. The highest BCUT2D eigenvalue weighted by atomic mass is 15.0. The first-order valence-electron chi connectivity index (χ1n) is 48.0. The molecule has 20 aromatic carbocycles. The lowest BCUT2D eigenvalue weighted by Crippen LogP contribution is -1.98. The Balaban J connectivity index is 0.000000109. The lowest BCUT2D eigenvalue weighted by molar-refractivity contribution is 1.15. The summed E-state index contributed by atoms with van der Waals surface area (Å²) in [5.74, 6) is 0. The van der Waals surface area contributed by atoms with Crippen LogP contribution in [0.15, 0.2) is 510 Å². The van der Waals surface area contributed by atoms with E-state index in [1.165, 1.54) is 187 Å². The molecule has 0 aliphatic heterocycles. The molecule has 0 aliphatic rings. The fourth-order valence-electron chi connectivity index (χ4n) is 21.7. The zero-order valence-electron chi connectivity index (χ0n) is 77.1. The fourth-order valence-corrected chi connectivity index (χ4v) is 21.7. The zero-order chi connectivity index (χ0) is 92.8. The molecule has 0 aliphatic carbocycles. The Labute approximate surface area is 809 Å². The maximum Gasteiger partial charge on any atom is 0.0708 e. The van der Waals surface area contributed by atoms with Crippen LogP contribution in [0, 0.1) is 13.8 Å². The van der Waals surface area contributed by atoms with Gasteiger partial charge in [0.1, 0.15) is 0 Å². The number of rotatable bonds is 13. The first-order valence-corrected chi connectivity index (χ1v) is 48.0. The second-order valence-electron chi connectivity index (χ2n) is 36.4. The molecule has 0 N–H and O–H groups in total. The van der Waals surface area contributed by atoms with Crippen LogP contribution >= 0.6 is 0 Å². The number of hydrogen-bond acceptors (Lipinski definition) is 2. The number of para-hydroxylation sites is 12. The van der Waals surface area contributed by atoms with E-state index in [0.29, 0.717) is 0 Å². The highest BCUT2D eigenvalue weighted by molar-refractivity contribution is 6.15. The summed E-state index contributed by atoms with van der Waals surface area (Å²) in [4.78, 5) is 9.71. The van der Waals surface area contributed by atoms with E-state index >= 15 is 0 Å². The number of nitrogens with zero attached hydrogens (tertiary/aromatic N) is 8. The molecule has 8 nitrogen and oxygen atoms in total. The van der Waals surface area contributed by atoms with Crippen molar-refractivity contribution >= 4 is 131 Å². The van der Waals surface area contributed by atoms with Crippen LogP contribution in [0.1, 0.15) is 11.1 Å². The summed E-state index contributed by atoms with van der Waals surface area (Å²) in [6.45, 7) is 4.40. The summed E-state index contributed by atoms with van der Waals surface area (Å²) >= 11 is 0. The molecule has 28 aromatic rings. The van der Waals surface area contributed by atoms with Crippen molar-refractivity contribution < 1.29 is 0 Å². The predicted octanol–water partition coefficient (Wildman–Crippen LogP) is 34.7. The summed E-state index contributed by atoms with van der Waals surface area (Å²) < 4.78 is 14.3. The Hall–Kier alpha value is -18.5. The lowest BCUT2D eigenvalue weighted by atomic mass is 9.98. The van der Waals surface area contributed by atoms with Gasteiger partial charge in [0.2, 0.25) is 0 Å².